The van der Waals surface area contributed by atoms with Crippen LogP contribution in [0.1, 0.15) is 28.4 Å². The highest BCUT2D eigenvalue weighted by Gasteiger charge is 2.28. The van der Waals surface area contributed by atoms with Gasteiger partial charge in [-0.2, -0.15) is 0 Å². The molecule has 1 unspecified atom stereocenters. The van der Waals surface area contributed by atoms with Gasteiger partial charge >= 0.3 is 0 Å². The molecule has 3 N–H and O–H groups in total. The zero-order chi connectivity index (χ0) is 17.8. The first-order valence-corrected chi connectivity index (χ1v) is 9.38. The van der Waals surface area contributed by atoms with Crippen molar-refractivity contribution in [1.29, 1.82) is 0 Å². The number of rotatable bonds is 1. The van der Waals surface area contributed by atoms with E-state index in [1.807, 2.05) is 0 Å². The summed E-state index contributed by atoms with van der Waals surface area (Å²) < 4.78 is 0. The van der Waals surface area contributed by atoms with Gasteiger partial charge in [0, 0.05) is 56.9 Å². The summed E-state index contributed by atoms with van der Waals surface area (Å²) in [5, 5.41) is 6.41. The Morgan fingerprint density at radius 2 is 1.48 bits per heavy atom. The van der Waals surface area contributed by atoms with Gasteiger partial charge in [-0.25, -0.2) is 0 Å². The van der Waals surface area contributed by atoms with E-state index in [1.54, 1.807) is 0 Å². The molecule has 27 heavy (non-hydrogen) atoms. The Morgan fingerprint density at radius 3 is 2.41 bits per heavy atom. The Hall–Kier alpha value is -3.46. The fourth-order valence-corrected chi connectivity index (χ4v) is 4.49. The second-order valence-corrected chi connectivity index (χ2v) is 7.26. The van der Waals surface area contributed by atoms with Crippen LogP contribution >= 0.6 is 0 Å². The summed E-state index contributed by atoms with van der Waals surface area (Å²) in [6.07, 6.45) is 3.06. The smallest absolute Gasteiger partial charge is 0.0811 e. The Bertz CT molecular complexity index is 1290. The van der Waals surface area contributed by atoms with Crippen LogP contribution < -0.4 is 5.32 Å². The first-order chi connectivity index (χ1) is 13.4. The van der Waals surface area contributed by atoms with Crippen LogP contribution in [0.25, 0.3) is 21.8 Å². The van der Waals surface area contributed by atoms with Gasteiger partial charge in [-0.15, -0.1) is 0 Å². The highest BCUT2D eigenvalue weighted by atomic mass is 14.9. The molecule has 0 fully saturated rings. The lowest BCUT2D eigenvalue weighted by Crippen LogP contribution is -2.11. The number of para-hydroxylation sites is 3. The minimum absolute atomic E-state index is 0.0935. The van der Waals surface area contributed by atoms with E-state index in [2.05, 4.69) is 94.3 Å². The molecule has 0 radical (unpaired) electrons. The summed E-state index contributed by atoms with van der Waals surface area (Å²) in [5.74, 6) is 0. The summed E-state index contributed by atoms with van der Waals surface area (Å²) >= 11 is 0. The molecule has 3 aromatic carbocycles. The maximum absolute atomic E-state index is 3.85. The van der Waals surface area contributed by atoms with E-state index in [9.17, 15) is 0 Å². The number of aromatic nitrogens is 2. The van der Waals surface area contributed by atoms with Crippen molar-refractivity contribution in [3.8, 4) is 0 Å². The lowest BCUT2D eigenvalue weighted by Gasteiger charge is -2.19. The minimum atomic E-state index is 0.0935. The zero-order valence-electron chi connectivity index (χ0n) is 14.8. The molecule has 3 heterocycles. The van der Waals surface area contributed by atoms with E-state index in [0.717, 1.165) is 6.42 Å². The van der Waals surface area contributed by atoms with E-state index in [0.29, 0.717) is 0 Å². The van der Waals surface area contributed by atoms with Gasteiger partial charge in [0.2, 0.25) is 0 Å². The zero-order valence-corrected chi connectivity index (χ0v) is 14.8. The lowest BCUT2D eigenvalue weighted by molar-refractivity contribution is 0.950. The average Bonchev–Trinajstić information content (AvgIpc) is 3.25. The van der Waals surface area contributed by atoms with E-state index in [4.69, 9.17) is 0 Å². The molecule has 2 aromatic heterocycles. The molecule has 1 aliphatic heterocycles. The van der Waals surface area contributed by atoms with Gasteiger partial charge in [0.15, 0.2) is 0 Å². The van der Waals surface area contributed by atoms with Crippen LogP contribution in [0, 0.1) is 0 Å². The summed E-state index contributed by atoms with van der Waals surface area (Å²) in [4.78, 5) is 7.14. The average molecular weight is 349 g/mol. The molecule has 130 valence electrons. The van der Waals surface area contributed by atoms with Crippen LogP contribution in [-0.2, 0) is 6.42 Å². The van der Waals surface area contributed by atoms with Crippen LogP contribution in [0.4, 0.5) is 5.69 Å². The van der Waals surface area contributed by atoms with Gasteiger partial charge in [0.1, 0.15) is 0 Å². The predicted octanol–water partition coefficient (Wildman–Crippen LogP) is 5.75. The van der Waals surface area contributed by atoms with Gasteiger partial charge in [-0.3, -0.25) is 0 Å². The van der Waals surface area contributed by atoms with Crippen LogP contribution in [0.15, 0.2) is 79.0 Å². The van der Waals surface area contributed by atoms with Crippen molar-refractivity contribution in [2.45, 2.75) is 12.5 Å². The lowest BCUT2D eigenvalue weighted by atomic mass is 9.95. The third-order valence-corrected chi connectivity index (χ3v) is 5.73. The summed E-state index contributed by atoms with van der Waals surface area (Å²) in [5.41, 5.74) is 8.85. The van der Waals surface area contributed by atoms with Crippen molar-refractivity contribution in [3.05, 3.63) is 101 Å². The molecule has 0 amide bonds. The SMILES string of the molecule is c1ccc2c(c1)Cc1[nH]c3ccccc3c1C(c1c[nH]c3ccccc13)N2. The quantitative estimate of drug-likeness (QED) is 0.354. The highest BCUT2D eigenvalue weighted by Crippen LogP contribution is 2.41. The number of anilines is 1. The number of benzene rings is 3. The summed E-state index contributed by atoms with van der Waals surface area (Å²) in [6.45, 7) is 0. The Morgan fingerprint density at radius 1 is 0.741 bits per heavy atom. The van der Waals surface area contributed by atoms with Gasteiger partial charge in [0.25, 0.3) is 0 Å². The Kier molecular flexibility index (Phi) is 3.00. The van der Waals surface area contributed by atoms with Crippen molar-refractivity contribution >= 4 is 27.5 Å². The molecular formula is C24H19N3. The fraction of sp³-hybridized carbons (Fsp3) is 0.0833. The highest BCUT2D eigenvalue weighted by molar-refractivity contribution is 5.90. The minimum Gasteiger partial charge on any atom is -0.374 e. The normalized spacial score (nSPS) is 15.9. The molecule has 0 spiro atoms. The van der Waals surface area contributed by atoms with Crippen LogP contribution in [0.3, 0.4) is 0 Å². The molecule has 0 saturated heterocycles. The number of H-pyrrole nitrogens is 2. The second kappa shape index (κ2) is 5.52. The maximum atomic E-state index is 3.85. The number of nitrogens with one attached hydrogen (secondary N) is 3. The number of hydrogen-bond donors (Lipinski definition) is 3. The molecule has 5 aromatic rings. The molecular weight excluding hydrogens is 330 g/mol. The first-order valence-electron chi connectivity index (χ1n) is 9.38. The second-order valence-electron chi connectivity index (χ2n) is 7.26. The topological polar surface area (TPSA) is 43.6 Å². The Balaban J connectivity index is 1.67. The third-order valence-electron chi connectivity index (χ3n) is 5.73. The van der Waals surface area contributed by atoms with Gasteiger partial charge in [-0.1, -0.05) is 54.6 Å². The monoisotopic (exact) mass is 349 g/mol. The van der Waals surface area contributed by atoms with Crippen molar-refractivity contribution in [2.24, 2.45) is 0 Å². The Labute approximate surface area is 157 Å². The van der Waals surface area contributed by atoms with Crippen LogP contribution in [0.2, 0.25) is 0 Å². The fourth-order valence-electron chi connectivity index (χ4n) is 4.49. The molecule has 3 heteroatoms. The van der Waals surface area contributed by atoms with Crippen molar-refractivity contribution < 1.29 is 0 Å². The van der Waals surface area contributed by atoms with E-state index < -0.39 is 0 Å². The molecule has 6 rings (SSSR count). The molecule has 0 bridgehead atoms. The van der Waals surface area contributed by atoms with E-state index in [-0.39, 0.29) is 6.04 Å². The van der Waals surface area contributed by atoms with Gasteiger partial charge < -0.3 is 15.3 Å². The third kappa shape index (κ3) is 2.15. The molecule has 3 nitrogen and oxygen atoms in total. The van der Waals surface area contributed by atoms with E-state index >= 15 is 0 Å². The largest absolute Gasteiger partial charge is 0.374 e. The van der Waals surface area contributed by atoms with Gasteiger partial charge in [-0.05, 0) is 23.8 Å². The van der Waals surface area contributed by atoms with Crippen molar-refractivity contribution in [1.82, 2.24) is 9.97 Å². The number of aromatic amines is 2. The molecule has 0 saturated carbocycles. The molecule has 1 atom stereocenters. The predicted molar refractivity (Wildman–Crippen MR) is 111 cm³/mol. The van der Waals surface area contributed by atoms with Gasteiger partial charge in [0.05, 0.1) is 6.04 Å². The molecule has 0 aliphatic carbocycles. The number of fused-ring (bicyclic) bond motifs is 5. The number of hydrogen-bond acceptors (Lipinski definition) is 1. The van der Waals surface area contributed by atoms with E-state index in [1.165, 1.54) is 49.9 Å². The standard InChI is InChI=1S/C24H19N3/c1-4-10-19-15(7-1)13-22-23(17-9-3-6-12-21(17)26-22)24(27-19)18-14-25-20-11-5-2-8-16(18)20/h1-12,14,24-27H,13H2. The van der Waals surface area contributed by atoms with Crippen molar-refractivity contribution in [2.75, 3.05) is 5.32 Å². The van der Waals surface area contributed by atoms with Crippen molar-refractivity contribution in [3.63, 3.8) is 0 Å². The maximum Gasteiger partial charge on any atom is 0.0811 e. The summed E-state index contributed by atoms with van der Waals surface area (Å²) in [7, 11) is 0. The first kappa shape index (κ1) is 14.7. The summed E-state index contributed by atoms with van der Waals surface area (Å²) in [6, 6.07) is 25.9. The van der Waals surface area contributed by atoms with Crippen LogP contribution in [-0.4, -0.2) is 9.97 Å². The van der Waals surface area contributed by atoms with Crippen LogP contribution in [0.5, 0.6) is 0 Å². The molecule has 1 aliphatic rings.